The molecule has 0 aromatic heterocycles. The Labute approximate surface area is 91.6 Å². The molecule has 0 spiro atoms. The molecule has 82 valence electrons. The molecule has 0 amide bonds. The average Bonchev–Trinajstić information content (AvgIpc) is 2.30. The first-order chi connectivity index (χ1) is 7.33. The number of para-hydroxylation sites is 1. The van der Waals surface area contributed by atoms with Gasteiger partial charge in [0.2, 0.25) is 0 Å². The van der Waals surface area contributed by atoms with Crippen LogP contribution in [0.15, 0.2) is 24.3 Å². The summed E-state index contributed by atoms with van der Waals surface area (Å²) in [4.78, 5) is 0. The van der Waals surface area contributed by atoms with Gasteiger partial charge in [0.15, 0.2) is 0 Å². The van der Waals surface area contributed by atoms with Crippen molar-refractivity contribution in [3.8, 4) is 5.75 Å². The van der Waals surface area contributed by atoms with E-state index in [2.05, 4.69) is 30.4 Å². The van der Waals surface area contributed by atoms with Crippen LogP contribution in [0.2, 0.25) is 0 Å². The first kappa shape index (κ1) is 10.5. The van der Waals surface area contributed by atoms with Gasteiger partial charge in [-0.05, 0) is 30.5 Å². The summed E-state index contributed by atoms with van der Waals surface area (Å²) in [5.74, 6) is 2.36. The van der Waals surface area contributed by atoms with Crippen LogP contribution in [0.3, 0.4) is 0 Å². The van der Waals surface area contributed by atoms with Gasteiger partial charge in [-0.1, -0.05) is 25.1 Å². The summed E-state index contributed by atoms with van der Waals surface area (Å²) in [5, 5.41) is 3.46. The van der Waals surface area contributed by atoms with Crippen molar-refractivity contribution < 1.29 is 4.74 Å². The zero-order valence-corrected chi connectivity index (χ0v) is 9.49. The van der Waals surface area contributed by atoms with Gasteiger partial charge in [0.1, 0.15) is 5.75 Å². The Morgan fingerprint density at radius 2 is 2.13 bits per heavy atom. The number of ether oxygens (including phenoxy) is 1. The van der Waals surface area contributed by atoms with Crippen LogP contribution in [0.5, 0.6) is 5.75 Å². The molecule has 0 saturated carbocycles. The van der Waals surface area contributed by atoms with Crippen LogP contribution < -0.4 is 10.1 Å². The van der Waals surface area contributed by atoms with Gasteiger partial charge in [0, 0.05) is 12.5 Å². The monoisotopic (exact) mass is 205 g/mol. The second kappa shape index (κ2) is 4.67. The molecule has 2 heteroatoms. The quantitative estimate of drug-likeness (QED) is 0.800. The van der Waals surface area contributed by atoms with Crippen LogP contribution >= 0.6 is 0 Å². The summed E-state index contributed by atoms with van der Waals surface area (Å²) < 4.78 is 5.42. The SMILES string of the molecule is COc1ccccc1C1CNCCC1C. The molecular weight excluding hydrogens is 186 g/mol. The second-order valence-electron chi connectivity index (χ2n) is 4.32. The summed E-state index contributed by atoms with van der Waals surface area (Å²) in [5.41, 5.74) is 1.35. The van der Waals surface area contributed by atoms with E-state index >= 15 is 0 Å². The molecule has 15 heavy (non-hydrogen) atoms. The molecule has 1 N–H and O–H groups in total. The maximum atomic E-state index is 5.42. The maximum Gasteiger partial charge on any atom is 0.122 e. The van der Waals surface area contributed by atoms with Crippen molar-refractivity contribution >= 4 is 0 Å². The zero-order chi connectivity index (χ0) is 10.7. The summed E-state index contributed by atoms with van der Waals surface area (Å²) in [6.45, 7) is 4.55. The van der Waals surface area contributed by atoms with Crippen molar-refractivity contribution in [1.82, 2.24) is 5.32 Å². The van der Waals surface area contributed by atoms with Crippen LogP contribution in [0, 0.1) is 5.92 Å². The third kappa shape index (κ3) is 2.15. The number of hydrogen-bond acceptors (Lipinski definition) is 2. The molecule has 1 saturated heterocycles. The molecule has 1 aliphatic heterocycles. The van der Waals surface area contributed by atoms with Crippen molar-refractivity contribution in [1.29, 1.82) is 0 Å². The Balaban J connectivity index is 2.26. The predicted molar refractivity (Wildman–Crippen MR) is 62.4 cm³/mol. The number of methoxy groups -OCH3 is 1. The zero-order valence-electron chi connectivity index (χ0n) is 9.49. The first-order valence-corrected chi connectivity index (χ1v) is 5.66. The molecular formula is C13H19NO. The van der Waals surface area contributed by atoms with E-state index in [1.54, 1.807) is 7.11 Å². The number of nitrogens with one attached hydrogen (secondary N) is 1. The molecule has 1 fully saturated rings. The lowest BCUT2D eigenvalue weighted by atomic mass is 9.82. The van der Waals surface area contributed by atoms with Crippen molar-refractivity contribution in [3.63, 3.8) is 0 Å². The standard InChI is InChI=1S/C13H19NO/c1-10-7-8-14-9-12(10)11-5-3-4-6-13(11)15-2/h3-6,10,12,14H,7-9H2,1-2H3. The summed E-state index contributed by atoms with van der Waals surface area (Å²) in [7, 11) is 1.75. The van der Waals surface area contributed by atoms with Gasteiger partial charge in [-0.15, -0.1) is 0 Å². The molecule has 0 bridgehead atoms. The van der Waals surface area contributed by atoms with Gasteiger partial charge in [-0.3, -0.25) is 0 Å². The Bertz CT molecular complexity index is 324. The predicted octanol–water partition coefficient (Wildman–Crippen LogP) is 2.41. The van der Waals surface area contributed by atoms with E-state index in [-0.39, 0.29) is 0 Å². The van der Waals surface area contributed by atoms with Gasteiger partial charge >= 0.3 is 0 Å². The highest BCUT2D eigenvalue weighted by Crippen LogP contribution is 2.34. The van der Waals surface area contributed by atoms with E-state index in [0.717, 1.165) is 24.8 Å². The highest BCUT2D eigenvalue weighted by Gasteiger charge is 2.24. The molecule has 2 atom stereocenters. The lowest BCUT2D eigenvalue weighted by Gasteiger charge is -2.30. The maximum absolute atomic E-state index is 5.42. The minimum atomic E-state index is 0.592. The molecule has 1 heterocycles. The molecule has 0 aliphatic carbocycles. The van der Waals surface area contributed by atoms with Gasteiger partial charge in [0.05, 0.1) is 7.11 Å². The van der Waals surface area contributed by atoms with Crippen LogP contribution in [0.4, 0.5) is 0 Å². The topological polar surface area (TPSA) is 21.3 Å². The van der Waals surface area contributed by atoms with E-state index in [9.17, 15) is 0 Å². The van der Waals surface area contributed by atoms with E-state index in [1.165, 1.54) is 12.0 Å². The molecule has 0 radical (unpaired) electrons. The molecule has 2 rings (SSSR count). The number of rotatable bonds is 2. The molecule has 1 aromatic carbocycles. The van der Waals surface area contributed by atoms with Crippen LogP contribution in [0.1, 0.15) is 24.8 Å². The Morgan fingerprint density at radius 3 is 2.87 bits per heavy atom. The molecule has 1 aromatic rings. The van der Waals surface area contributed by atoms with Gasteiger partial charge in [-0.25, -0.2) is 0 Å². The minimum absolute atomic E-state index is 0.592. The largest absolute Gasteiger partial charge is 0.496 e. The third-order valence-electron chi connectivity index (χ3n) is 3.37. The van der Waals surface area contributed by atoms with Gasteiger partial charge in [0.25, 0.3) is 0 Å². The van der Waals surface area contributed by atoms with Crippen molar-refractivity contribution in [2.75, 3.05) is 20.2 Å². The lowest BCUT2D eigenvalue weighted by Crippen LogP contribution is -2.34. The lowest BCUT2D eigenvalue weighted by molar-refractivity contribution is 0.333. The van der Waals surface area contributed by atoms with Crippen molar-refractivity contribution in [3.05, 3.63) is 29.8 Å². The van der Waals surface area contributed by atoms with Crippen LogP contribution in [0.25, 0.3) is 0 Å². The van der Waals surface area contributed by atoms with E-state index < -0.39 is 0 Å². The first-order valence-electron chi connectivity index (χ1n) is 5.66. The average molecular weight is 205 g/mol. The molecule has 1 aliphatic rings. The highest BCUT2D eigenvalue weighted by atomic mass is 16.5. The Hall–Kier alpha value is -1.02. The Morgan fingerprint density at radius 1 is 1.33 bits per heavy atom. The number of piperidine rings is 1. The number of benzene rings is 1. The summed E-state index contributed by atoms with van der Waals surface area (Å²) in [6.07, 6.45) is 1.25. The van der Waals surface area contributed by atoms with Crippen molar-refractivity contribution in [2.45, 2.75) is 19.3 Å². The smallest absolute Gasteiger partial charge is 0.122 e. The summed E-state index contributed by atoms with van der Waals surface area (Å²) in [6, 6.07) is 8.37. The third-order valence-corrected chi connectivity index (χ3v) is 3.37. The second-order valence-corrected chi connectivity index (χ2v) is 4.32. The fourth-order valence-electron chi connectivity index (χ4n) is 2.38. The van der Waals surface area contributed by atoms with Crippen LogP contribution in [-0.2, 0) is 0 Å². The normalized spacial score (nSPS) is 26.3. The number of hydrogen-bond donors (Lipinski definition) is 1. The molecule has 2 nitrogen and oxygen atoms in total. The minimum Gasteiger partial charge on any atom is -0.496 e. The van der Waals surface area contributed by atoms with Crippen molar-refractivity contribution in [2.24, 2.45) is 5.92 Å². The van der Waals surface area contributed by atoms with E-state index in [1.807, 2.05) is 6.07 Å². The highest BCUT2D eigenvalue weighted by molar-refractivity contribution is 5.37. The Kier molecular flexibility index (Phi) is 3.27. The summed E-state index contributed by atoms with van der Waals surface area (Å²) >= 11 is 0. The van der Waals surface area contributed by atoms with E-state index in [0.29, 0.717) is 5.92 Å². The van der Waals surface area contributed by atoms with Gasteiger partial charge < -0.3 is 10.1 Å². The fourth-order valence-corrected chi connectivity index (χ4v) is 2.38. The fraction of sp³-hybridized carbons (Fsp3) is 0.538. The van der Waals surface area contributed by atoms with E-state index in [4.69, 9.17) is 4.74 Å². The molecule has 2 unspecified atom stereocenters. The van der Waals surface area contributed by atoms with Crippen LogP contribution in [-0.4, -0.2) is 20.2 Å². The van der Waals surface area contributed by atoms with Gasteiger partial charge in [-0.2, -0.15) is 0 Å².